The summed E-state index contributed by atoms with van der Waals surface area (Å²) in [4.78, 5) is 32.2. The summed E-state index contributed by atoms with van der Waals surface area (Å²) in [5, 5.41) is 10.7. The molecule has 1 unspecified atom stereocenters. The van der Waals surface area contributed by atoms with Crippen molar-refractivity contribution in [3.8, 4) is 5.75 Å². The summed E-state index contributed by atoms with van der Waals surface area (Å²) < 4.78 is 5.83. The van der Waals surface area contributed by atoms with Crippen LogP contribution >= 0.6 is 0 Å². The molecule has 0 aliphatic carbocycles. The highest BCUT2D eigenvalue weighted by Crippen LogP contribution is 2.41. The third kappa shape index (κ3) is 6.04. The zero-order chi connectivity index (χ0) is 30.6. The van der Waals surface area contributed by atoms with Crippen molar-refractivity contribution < 1.29 is 14.4 Å². The van der Waals surface area contributed by atoms with Gasteiger partial charge >= 0.3 is 0 Å². The summed E-state index contributed by atoms with van der Waals surface area (Å²) in [7, 11) is 5.89. The van der Waals surface area contributed by atoms with E-state index in [0.717, 1.165) is 38.0 Å². The fourth-order valence-corrected chi connectivity index (χ4v) is 6.20. The molecule has 0 radical (unpaired) electrons. The van der Waals surface area contributed by atoms with Crippen molar-refractivity contribution in [2.75, 3.05) is 61.5 Å². The summed E-state index contributed by atoms with van der Waals surface area (Å²) in [6.45, 7) is 5.98. The van der Waals surface area contributed by atoms with Crippen LogP contribution in [0, 0.1) is 0 Å². The van der Waals surface area contributed by atoms with E-state index in [9.17, 15) is 4.79 Å². The Kier molecular flexibility index (Phi) is 8.63. The standard InChI is InChI=1S/C34H39N7O3/c1-5-34(42)38-27-19-28(31(43-4)20-30(27)40-16-13-24(14-17-40)39(2)3)37-32-21-33(36-22-35-32)41-29(15-18-44-41)26-12-8-10-23-9-6-7-11-25(23)26/h5-12,19-22,24,29H,1,13-18H2,2-4H3,(H,38,42)(H,35,36,37). The largest absolute Gasteiger partial charge is 0.494 e. The Morgan fingerprint density at radius 3 is 2.61 bits per heavy atom. The van der Waals surface area contributed by atoms with Crippen molar-refractivity contribution >= 4 is 45.4 Å². The quantitative estimate of drug-likeness (QED) is 0.229. The first-order valence-corrected chi connectivity index (χ1v) is 15.0. The zero-order valence-corrected chi connectivity index (χ0v) is 25.5. The van der Waals surface area contributed by atoms with Crippen molar-refractivity contribution in [3.63, 3.8) is 0 Å². The number of carbonyl (C=O) groups excluding carboxylic acids is 1. The van der Waals surface area contributed by atoms with Crippen LogP contribution in [0.25, 0.3) is 10.8 Å². The van der Waals surface area contributed by atoms with E-state index in [2.05, 4.69) is 93.5 Å². The van der Waals surface area contributed by atoms with Crippen LogP contribution in [0.4, 0.5) is 28.7 Å². The number of hydroxylamine groups is 1. The number of piperidine rings is 1. The lowest BCUT2D eigenvalue weighted by Crippen LogP contribution is -2.42. The van der Waals surface area contributed by atoms with Crippen LogP contribution in [0.5, 0.6) is 5.75 Å². The van der Waals surface area contributed by atoms with E-state index in [0.29, 0.717) is 41.4 Å². The van der Waals surface area contributed by atoms with Gasteiger partial charge < -0.3 is 25.2 Å². The predicted octanol–water partition coefficient (Wildman–Crippen LogP) is 5.92. The molecule has 44 heavy (non-hydrogen) atoms. The number of hydrogen-bond donors (Lipinski definition) is 2. The Morgan fingerprint density at radius 2 is 1.84 bits per heavy atom. The number of anilines is 5. The van der Waals surface area contributed by atoms with Gasteiger partial charge in [0, 0.05) is 37.7 Å². The summed E-state index contributed by atoms with van der Waals surface area (Å²) in [6.07, 6.45) is 5.71. The molecule has 1 atom stereocenters. The molecule has 10 nitrogen and oxygen atoms in total. The van der Waals surface area contributed by atoms with Crippen molar-refractivity contribution in [1.82, 2.24) is 14.9 Å². The van der Waals surface area contributed by atoms with Gasteiger partial charge in [-0.3, -0.25) is 9.63 Å². The fraction of sp³-hybridized carbons (Fsp3) is 0.324. The Hall–Kier alpha value is -4.67. The number of rotatable bonds is 9. The number of benzene rings is 3. The minimum Gasteiger partial charge on any atom is -0.494 e. The molecule has 0 bridgehead atoms. The molecule has 2 aliphatic rings. The number of fused-ring (bicyclic) bond motifs is 1. The van der Waals surface area contributed by atoms with Crippen LogP contribution in [0.15, 0.2) is 79.6 Å². The number of hydrogen-bond acceptors (Lipinski definition) is 9. The van der Waals surface area contributed by atoms with Gasteiger partial charge in [-0.2, -0.15) is 0 Å². The summed E-state index contributed by atoms with van der Waals surface area (Å²) >= 11 is 0. The molecule has 3 heterocycles. The van der Waals surface area contributed by atoms with Gasteiger partial charge in [0.05, 0.1) is 36.8 Å². The molecule has 10 heteroatoms. The Morgan fingerprint density at radius 1 is 1.05 bits per heavy atom. The molecule has 228 valence electrons. The van der Waals surface area contributed by atoms with Crippen LogP contribution in [-0.4, -0.2) is 67.7 Å². The Bertz CT molecular complexity index is 1650. The molecule has 0 saturated carbocycles. The van der Waals surface area contributed by atoms with E-state index in [1.807, 2.05) is 23.3 Å². The maximum absolute atomic E-state index is 12.5. The average Bonchev–Trinajstić information content (AvgIpc) is 3.55. The minimum absolute atomic E-state index is 0.00928. The number of ether oxygens (including phenoxy) is 1. The number of aromatic nitrogens is 2. The lowest BCUT2D eigenvalue weighted by molar-refractivity contribution is -0.111. The van der Waals surface area contributed by atoms with E-state index in [-0.39, 0.29) is 11.9 Å². The third-order valence-electron chi connectivity index (χ3n) is 8.52. The normalized spacial score (nSPS) is 17.2. The molecule has 4 aromatic rings. The van der Waals surface area contributed by atoms with Crippen molar-refractivity contribution in [3.05, 3.63) is 85.2 Å². The van der Waals surface area contributed by atoms with E-state index in [1.54, 1.807) is 7.11 Å². The molecule has 1 amide bonds. The van der Waals surface area contributed by atoms with Crippen LogP contribution in [0.1, 0.15) is 30.9 Å². The molecule has 2 aliphatic heterocycles. The highest BCUT2D eigenvalue weighted by atomic mass is 16.7. The molecular weight excluding hydrogens is 554 g/mol. The molecular formula is C34H39N7O3. The average molecular weight is 594 g/mol. The van der Waals surface area contributed by atoms with E-state index in [4.69, 9.17) is 9.57 Å². The second-order valence-electron chi connectivity index (χ2n) is 11.4. The second kappa shape index (κ2) is 12.9. The smallest absolute Gasteiger partial charge is 0.247 e. The zero-order valence-electron chi connectivity index (χ0n) is 25.5. The lowest BCUT2D eigenvalue weighted by atomic mass is 9.97. The third-order valence-corrected chi connectivity index (χ3v) is 8.52. The van der Waals surface area contributed by atoms with Gasteiger partial charge in [0.25, 0.3) is 0 Å². The first-order chi connectivity index (χ1) is 21.4. The Balaban J connectivity index is 1.29. The first-order valence-electron chi connectivity index (χ1n) is 15.0. The highest BCUT2D eigenvalue weighted by Gasteiger charge is 2.30. The van der Waals surface area contributed by atoms with Crippen molar-refractivity contribution in [2.24, 2.45) is 0 Å². The summed E-state index contributed by atoms with van der Waals surface area (Å²) in [5.74, 6) is 1.58. The molecule has 0 spiro atoms. The van der Waals surface area contributed by atoms with Gasteiger partial charge in [0.15, 0.2) is 5.82 Å². The second-order valence-corrected chi connectivity index (χ2v) is 11.4. The van der Waals surface area contributed by atoms with E-state index >= 15 is 0 Å². The molecule has 2 N–H and O–H groups in total. The number of nitrogens with one attached hydrogen (secondary N) is 2. The topological polar surface area (TPSA) is 95.1 Å². The predicted molar refractivity (Wildman–Crippen MR) is 176 cm³/mol. The number of nitrogens with zero attached hydrogens (tertiary/aromatic N) is 5. The van der Waals surface area contributed by atoms with Gasteiger partial charge in [0.1, 0.15) is 17.9 Å². The molecule has 3 aromatic carbocycles. The molecule has 2 fully saturated rings. The van der Waals surface area contributed by atoms with Gasteiger partial charge in [0.2, 0.25) is 5.91 Å². The van der Waals surface area contributed by atoms with Crippen molar-refractivity contribution in [1.29, 1.82) is 0 Å². The van der Waals surface area contributed by atoms with E-state index < -0.39 is 0 Å². The highest BCUT2D eigenvalue weighted by molar-refractivity contribution is 6.02. The van der Waals surface area contributed by atoms with Crippen LogP contribution in [0.3, 0.4) is 0 Å². The first kappa shape index (κ1) is 29.4. The summed E-state index contributed by atoms with van der Waals surface area (Å²) in [6, 6.07) is 21.0. The summed E-state index contributed by atoms with van der Waals surface area (Å²) in [5.41, 5.74) is 3.45. The Labute approximate surface area is 258 Å². The maximum atomic E-state index is 12.5. The number of methoxy groups -OCH3 is 1. The molecule has 6 rings (SSSR count). The fourth-order valence-electron chi connectivity index (χ4n) is 6.20. The maximum Gasteiger partial charge on any atom is 0.247 e. The lowest BCUT2D eigenvalue weighted by Gasteiger charge is -2.37. The van der Waals surface area contributed by atoms with Crippen LogP contribution in [-0.2, 0) is 9.63 Å². The van der Waals surface area contributed by atoms with E-state index in [1.165, 1.54) is 28.7 Å². The van der Waals surface area contributed by atoms with Crippen LogP contribution < -0.4 is 25.3 Å². The minimum atomic E-state index is -0.277. The molecule has 2 saturated heterocycles. The van der Waals surface area contributed by atoms with Gasteiger partial charge in [-0.05, 0) is 55.4 Å². The SMILES string of the molecule is C=CC(=O)Nc1cc(Nc2cc(N3OCCC3c3cccc4ccccc34)ncn2)c(OC)cc1N1CCC(N(C)C)CC1. The van der Waals surface area contributed by atoms with Gasteiger partial charge in [-0.25, -0.2) is 15.0 Å². The number of amides is 1. The van der Waals surface area contributed by atoms with Crippen LogP contribution in [0.2, 0.25) is 0 Å². The monoisotopic (exact) mass is 593 g/mol. The van der Waals surface area contributed by atoms with Gasteiger partial charge in [-0.1, -0.05) is 49.0 Å². The van der Waals surface area contributed by atoms with Crippen molar-refractivity contribution in [2.45, 2.75) is 31.3 Å². The number of carbonyl (C=O) groups is 1. The van der Waals surface area contributed by atoms with Gasteiger partial charge in [-0.15, -0.1) is 0 Å². The molecule has 1 aromatic heterocycles.